The zero-order valence-electron chi connectivity index (χ0n) is 10.1. The molecule has 0 aromatic heterocycles. The minimum Gasteiger partial charge on any atom is -0.395 e. The van der Waals surface area contributed by atoms with Crippen LogP contribution in [0.4, 0.5) is 0 Å². The first-order valence-electron chi connectivity index (χ1n) is 5.10. The Balaban J connectivity index is 3.40. The van der Waals surface area contributed by atoms with E-state index in [4.69, 9.17) is 0 Å². The molecule has 0 saturated carbocycles. The lowest BCUT2D eigenvalue weighted by Crippen LogP contribution is -2.22. The van der Waals surface area contributed by atoms with Gasteiger partial charge in [-0.3, -0.25) is 0 Å². The van der Waals surface area contributed by atoms with Crippen LogP contribution >= 0.6 is 0 Å². The van der Waals surface area contributed by atoms with Crippen LogP contribution in [0.5, 0.6) is 0 Å². The minimum atomic E-state index is -3.21. The Morgan fingerprint density at radius 3 is 2.31 bits per heavy atom. The summed E-state index contributed by atoms with van der Waals surface area (Å²) in [4.78, 5) is 0.339. The molecule has 0 heterocycles. The predicted molar refractivity (Wildman–Crippen MR) is 64.4 cm³/mol. The molecule has 0 aliphatic rings. The highest BCUT2D eigenvalue weighted by Gasteiger charge is 2.22. The summed E-state index contributed by atoms with van der Waals surface area (Å²) in [6.45, 7) is 5.51. The Kier molecular flexibility index (Phi) is 3.45. The maximum atomic E-state index is 11.6. The van der Waals surface area contributed by atoms with Gasteiger partial charge in [-0.25, -0.2) is 8.42 Å². The number of rotatable bonds is 3. The van der Waals surface area contributed by atoms with Crippen LogP contribution in [0.2, 0.25) is 0 Å². The predicted octanol–water partition coefficient (Wildman–Crippen LogP) is 1.67. The van der Waals surface area contributed by atoms with Crippen molar-refractivity contribution in [3.8, 4) is 0 Å². The van der Waals surface area contributed by atoms with Gasteiger partial charge in [-0.1, -0.05) is 26.0 Å². The minimum absolute atomic E-state index is 0.0146. The van der Waals surface area contributed by atoms with E-state index in [2.05, 4.69) is 0 Å². The standard InChI is InChI=1S/C12H18O3S/c1-9-5-6-10(12(2,3)8-13)7-11(9)16(4,14)15/h5-7,13H,8H2,1-4H3. The second-order valence-corrected chi connectivity index (χ2v) is 6.78. The van der Waals surface area contributed by atoms with Gasteiger partial charge in [0.2, 0.25) is 0 Å². The average molecular weight is 242 g/mol. The van der Waals surface area contributed by atoms with Gasteiger partial charge >= 0.3 is 0 Å². The topological polar surface area (TPSA) is 54.4 Å². The van der Waals surface area contributed by atoms with Gasteiger partial charge in [0.25, 0.3) is 0 Å². The SMILES string of the molecule is Cc1ccc(C(C)(C)CO)cc1S(C)(=O)=O. The summed E-state index contributed by atoms with van der Waals surface area (Å²) >= 11 is 0. The highest BCUT2D eigenvalue weighted by atomic mass is 32.2. The van der Waals surface area contributed by atoms with Crippen LogP contribution in [-0.4, -0.2) is 26.4 Å². The molecule has 1 N–H and O–H groups in total. The van der Waals surface area contributed by atoms with Gasteiger partial charge in [-0.05, 0) is 24.1 Å². The normalized spacial score (nSPS) is 12.8. The number of sulfone groups is 1. The zero-order valence-corrected chi connectivity index (χ0v) is 10.9. The van der Waals surface area contributed by atoms with Crippen LogP contribution in [0.3, 0.4) is 0 Å². The number of aryl methyl sites for hydroxylation is 1. The molecule has 1 aromatic rings. The Hall–Kier alpha value is -0.870. The molecule has 0 amide bonds. The zero-order chi connectivity index (χ0) is 12.6. The molecule has 90 valence electrons. The van der Waals surface area contributed by atoms with Crippen molar-refractivity contribution >= 4 is 9.84 Å². The van der Waals surface area contributed by atoms with E-state index in [1.165, 1.54) is 6.26 Å². The number of hydrogen-bond donors (Lipinski definition) is 1. The summed E-state index contributed by atoms with van der Waals surface area (Å²) in [7, 11) is -3.21. The summed E-state index contributed by atoms with van der Waals surface area (Å²) < 4.78 is 23.1. The molecular formula is C12H18O3S. The van der Waals surface area contributed by atoms with E-state index in [0.29, 0.717) is 4.90 Å². The van der Waals surface area contributed by atoms with Crippen LogP contribution in [0, 0.1) is 6.92 Å². The molecule has 0 unspecified atom stereocenters. The van der Waals surface area contributed by atoms with Gasteiger partial charge in [-0.2, -0.15) is 0 Å². The molecule has 0 radical (unpaired) electrons. The Morgan fingerprint density at radius 2 is 1.88 bits per heavy atom. The highest BCUT2D eigenvalue weighted by Crippen LogP contribution is 2.26. The largest absolute Gasteiger partial charge is 0.395 e. The van der Waals surface area contributed by atoms with Crippen molar-refractivity contribution in [1.82, 2.24) is 0 Å². The Bertz CT molecular complexity index is 487. The first kappa shape index (κ1) is 13.2. The fourth-order valence-corrected chi connectivity index (χ4v) is 2.51. The summed E-state index contributed by atoms with van der Waals surface area (Å²) in [5.41, 5.74) is 1.15. The molecule has 16 heavy (non-hydrogen) atoms. The van der Waals surface area contributed by atoms with E-state index in [1.807, 2.05) is 19.9 Å². The molecule has 3 nitrogen and oxygen atoms in total. The first-order valence-corrected chi connectivity index (χ1v) is 6.99. The second kappa shape index (κ2) is 4.18. The van der Waals surface area contributed by atoms with E-state index in [0.717, 1.165) is 11.1 Å². The van der Waals surface area contributed by atoms with Crippen molar-refractivity contribution in [2.75, 3.05) is 12.9 Å². The second-order valence-electron chi connectivity index (χ2n) is 4.79. The first-order chi connectivity index (χ1) is 7.18. The number of aliphatic hydroxyl groups excluding tert-OH is 1. The summed E-state index contributed by atoms with van der Waals surface area (Å²) in [5.74, 6) is 0. The molecule has 0 aliphatic heterocycles. The summed E-state index contributed by atoms with van der Waals surface area (Å²) in [5, 5.41) is 9.26. The van der Waals surface area contributed by atoms with E-state index in [9.17, 15) is 13.5 Å². The highest BCUT2D eigenvalue weighted by molar-refractivity contribution is 7.90. The summed E-state index contributed by atoms with van der Waals surface area (Å²) in [6, 6.07) is 5.30. The van der Waals surface area contributed by atoms with Crippen molar-refractivity contribution < 1.29 is 13.5 Å². The lowest BCUT2D eigenvalue weighted by atomic mass is 9.85. The maximum Gasteiger partial charge on any atom is 0.175 e. The maximum absolute atomic E-state index is 11.6. The monoisotopic (exact) mass is 242 g/mol. The van der Waals surface area contributed by atoms with Gasteiger partial charge < -0.3 is 5.11 Å². The Labute approximate surface area is 97.0 Å². The van der Waals surface area contributed by atoms with E-state index in [-0.39, 0.29) is 6.61 Å². The molecule has 1 aromatic carbocycles. The third-order valence-corrected chi connectivity index (χ3v) is 4.00. The van der Waals surface area contributed by atoms with Crippen LogP contribution in [0.1, 0.15) is 25.0 Å². The van der Waals surface area contributed by atoms with Crippen molar-refractivity contribution in [3.05, 3.63) is 29.3 Å². The number of benzene rings is 1. The van der Waals surface area contributed by atoms with Crippen molar-refractivity contribution in [2.45, 2.75) is 31.1 Å². The lowest BCUT2D eigenvalue weighted by Gasteiger charge is -2.23. The number of aliphatic hydroxyl groups is 1. The van der Waals surface area contributed by atoms with Gasteiger partial charge in [0.05, 0.1) is 11.5 Å². The third-order valence-electron chi connectivity index (χ3n) is 2.76. The molecule has 0 spiro atoms. The van der Waals surface area contributed by atoms with Gasteiger partial charge in [0.1, 0.15) is 0 Å². The van der Waals surface area contributed by atoms with Gasteiger partial charge in [0, 0.05) is 11.7 Å². The fraction of sp³-hybridized carbons (Fsp3) is 0.500. The molecule has 4 heteroatoms. The third kappa shape index (κ3) is 2.62. The van der Waals surface area contributed by atoms with Gasteiger partial charge in [0.15, 0.2) is 9.84 Å². The van der Waals surface area contributed by atoms with Crippen LogP contribution in [0.25, 0.3) is 0 Å². The molecule has 0 fully saturated rings. The van der Waals surface area contributed by atoms with Crippen molar-refractivity contribution in [3.63, 3.8) is 0 Å². The van der Waals surface area contributed by atoms with E-state index in [1.54, 1.807) is 19.1 Å². The van der Waals surface area contributed by atoms with Crippen LogP contribution in [0.15, 0.2) is 23.1 Å². The van der Waals surface area contributed by atoms with Gasteiger partial charge in [-0.15, -0.1) is 0 Å². The van der Waals surface area contributed by atoms with E-state index < -0.39 is 15.3 Å². The molecular weight excluding hydrogens is 224 g/mol. The molecule has 1 rings (SSSR count). The molecule has 0 atom stereocenters. The van der Waals surface area contributed by atoms with Crippen molar-refractivity contribution in [2.24, 2.45) is 0 Å². The quantitative estimate of drug-likeness (QED) is 0.877. The fourth-order valence-electron chi connectivity index (χ4n) is 1.51. The molecule has 0 aliphatic carbocycles. The van der Waals surface area contributed by atoms with E-state index >= 15 is 0 Å². The smallest absolute Gasteiger partial charge is 0.175 e. The number of hydrogen-bond acceptors (Lipinski definition) is 3. The van der Waals surface area contributed by atoms with Crippen molar-refractivity contribution in [1.29, 1.82) is 0 Å². The molecule has 0 saturated heterocycles. The van der Waals surface area contributed by atoms with Crippen LogP contribution in [-0.2, 0) is 15.3 Å². The molecule has 0 bridgehead atoms. The summed E-state index contributed by atoms with van der Waals surface area (Å²) in [6.07, 6.45) is 1.20. The Morgan fingerprint density at radius 1 is 1.31 bits per heavy atom. The van der Waals surface area contributed by atoms with Crippen LogP contribution < -0.4 is 0 Å². The average Bonchev–Trinajstić information content (AvgIpc) is 2.16. The lowest BCUT2D eigenvalue weighted by molar-refractivity contribution is 0.218.